The minimum Gasteiger partial charge on any atom is -0.308 e. The van der Waals surface area contributed by atoms with Gasteiger partial charge >= 0.3 is 0 Å². The summed E-state index contributed by atoms with van der Waals surface area (Å²) in [6.07, 6.45) is 1.77. The Balaban J connectivity index is 2.35. The van der Waals surface area contributed by atoms with Crippen LogP contribution in [0.4, 0.5) is 0 Å². The zero-order valence-corrected chi connectivity index (χ0v) is 9.72. The van der Waals surface area contributed by atoms with E-state index in [0.29, 0.717) is 0 Å². The Morgan fingerprint density at radius 1 is 1.47 bits per heavy atom. The van der Waals surface area contributed by atoms with Crippen LogP contribution in [0.25, 0.3) is 0 Å². The van der Waals surface area contributed by atoms with Crippen LogP contribution in [0.1, 0.15) is 17.3 Å². The van der Waals surface area contributed by atoms with E-state index in [9.17, 15) is 0 Å². The largest absolute Gasteiger partial charge is 0.308 e. The van der Waals surface area contributed by atoms with Gasteiger partial charge < -0.3 is 5.32 Å². The lowest BCUT2D eigenvalue weighted by atomic mass is 10.1. The fraction of sp³-hybridized carbons (Fsp3) is 0.200. The maximum absolute atomic E-state index is 5.95. The standard InChI is InChI=1S/C10H10ClN3S/c1-12-10(9-6-13-15-14-9)7-3-2-4-8(11)5-7/h2-6,10,12H,1H3. The quantitative estimate of drug-likeness (QED) is 0.895. The normalized spacial score (nSPS) is 12.7. The molecule has 1 heterocycles. The molecule has 1 aromatic heterocycles. The van der Waals surface area contributed by atoms with Crippen molar-refractivity contribution in [1.82, 2.24) is 14.1 Å². The van der Waals surface area contributed by atoms with Gasteiger partial charge in [-0.25, -0.2) is 0 Å². The molecule has 2 rings (SSSR count). The summed E-state index contributed by atoms with van der Waals surface area (Å²) in [5, 5.41) is 3.93. The van der Waals surface area contributed by atoms with E-state index in [-0.39, 0.29) is 6.04 Å². The molecule has 0 saturated heterocycles. The van der Waals surface area contributed by atoms with E-state index >= 15 is 0 Å². The van der Waals surface area contributed by atoms with Crippen LogP contribution in [0, 0.1) is 0 Å². The average Bonchev–Trinajstić information content (AvgIpc) is 2.72. The van der Waals surface area contributed by atoms with E-state index in [1.54, 1.807) is 6.20 Å². The predicted molar refractivity (Wildman–Crippen MR) is 62.3 cm³/mol. The zero-order valence-electron chi connectivity index (χ0n) is 8.14. The topological polar surface area (TPSA) is 37.8 Å². The molecular formula is C10H10ClN3S. The first-order chi connectivity index (χ1) is 7.31. The van der Waals surface area contributed by atoms with Gasteiger partial charge in [0.2, 0.25) is 0 Å². The molecule has 0 spiro atoms. The molecule has 15 heavy (non-hydrogen) atoms. The van der Waals surface area contributed by atoms with Crippen LogP contribution in [0.2, 0.25) is 5.02 Å². The van der Waals surface area contributed by atoms with Crippen molar-refractivity contribution in [3.63, 3.8) is 0 Å². The van der Waals surface area contributed by atoms with Crippen molar-refractivity contribution in [3.8, 4) is 0 Å². The van der Waals surface area contributed by atoms with Crippen LogP contribution < -0.4 is 5.32 Å². The van der Waals surface area contributed by atoms with Crippen LogP contribution in [0.5, 0.6) is 0 Å². The molecule has 1 N–H and O–H groups in total. The molecule has 5 heteroatoms. The van der Waals surface area contributed by atoms with E-state index in [4.69, 9.17) is 11.6 Å². The molecule has 0 aliphatic carbocycles. The lowest BCUT2D eigenvalue weighted by molar-refractivity contribution is 0.677. The predicted octanol–water partition coefficient (Wildman–Crippen LogP) is 2.50. The summed E-state index contributed by atoms with van der Waals surface area (Å²) in [5.41, 5.74) is 2.02. The summed E-state index contributed by atoms with van der Waals surface area (Å²) < 4.78 is 8.21. The molecule has 0 aliphatic rings. The number of nitrogens with one attached hydrogen (secondary N) is 1. The van der Waals surface area contributed by atoms with Gasteiger partial charge in [-0.15, -0.1) is 0 Å². The lowest BCUT2D eigenvalue weighted by Gasteiger charge is -2.13. The highest BCUT2D eigenvalue weighted by atomic mass is 35.5. The molecule has 0 radical (unpaired) electrons. The Bertz CT molecular complexity index is 430. The second-order valence-corrected chi connectivity index (χ2v) is 4.10. The smallest absolute Gasteiger partial charge is 0.0957 e. The highest BCUT2D eigenvalue weighted by Gasteiger charge is 2.14. The van der Waals surface area contributed by atoms with Gasteiger partial charge in [0.25, 0.3) is 0 Å². The molecule has 78 valence electrons. The van der Waals surface area contributed by atoms with Crippen molar-refractivity contribution >= 4 is 23.3 Å². The molecule has 1 unspecified atom stereocenters. The Morgan fingerprint density at radius 2 is 2.33 bits per heavy atom. The summed E-state index contributed by atoms with van der Waals surface area (Å²) in [6, 6.07) is 7.80. The maximum Gasteiger partial charge on any atom is 0.0957 e. The van der Waals surface area contributed by atoms with Gasteiger partial charge in [0, 0.05) is 5.02 Å². The van der Waals surface area contributed by atoms with Crippen molar-refractivity contribution in [1.29, 1.82) is 0 Å². The third-order valence-corrected chi connectivity index (χ3v) is 2.87. The average molecular weight is 240 g/mol. The third kappa shape index (κ3) is 2.34. The monoisotopic (exact) mass is 239 g/mol. The summed E-state index contributed by atoms with van der Waals surface area (Å²) in [6.45, 7) is 0. The van der Waals surface area contributed by atoms with Crippen molar-refractivity contribution in [2.45, 2.75) is 6.04 Å². The fourth-order valence-corrected chi connectivity index (χ4v) is 2.12. The molecule has 1 aromatic carbocycles. The van der Waals surface area contributed by atoms with Gasteiger partial charge in [-0.1, -0.05) is 23.7 Å². The van der Waals surface area contributed by atoms with Gasteiger partial charge in [-0.05, 0) is 24.7 Å². The number of rotatable bonds is 3. The summed E-state index contributed by atoms with van der Waals surface area (Å²) >= 11 is 7.16. The minimum atomic E-state index is 0.0578. The van der Waals surface area contributed by atoms with Crippen LogP contribution >= 0.6 is 23.3 Å². The molecule has 0 fully saturated rings. The molecule has 0 aliphatic heterocycles. The molecule has 1 atom stereocenters. The number of nitrogens with zero attached hydrogens (tertiary/aromatic N) is 2. The number of benzene rings is 1. The van der Waals surface area contributed by atoms with Crippen LogP contribution in [-0.2, 0) is 0 Å². The first-order valence-electron chi connectivity index (χ1n) is 4.51. The Hall–Kier alpha value is -0.970. The van der Waals surface area contributed by atoms with E-state index < -0.39 is 0 Å². The van der Waals surface area contributed by atoms with E-state index in [0.717, 1.165) is 16.3 Å². The number of halogens is 1. The minimum absolute atomic E-state index is 0.0578. The fourth-order valence-electron chi connectivity index (χ4n) is 1.47. The highest BCUT2D eigenvalue weighted by Crippen LogP contribution is 2.22. The number of hydrogen-bond acceptors (Lipinski definition) is 4. The van der Waals surface area contributed by atoms with Gasteiger partial charge in [-0.3, -0.25) is 0 Å². The molecular weight excluding hydrogens is 230 g/mol. The third-order valence-electron chi connectivity index (χ3n) is 2.14. The Morgan fingerprint density at radius 3 is 2.93 bits per heavy atom. The molecule has 2 aromatic rings. The molecule has 0 amide bonds. The number of hydrogen-bond donors (Lipinski definition) is 1. The van der Waals surface area contributed by atoms with E-state index in [1.807, 2.05) is 31.3 Å². The Labute approximate surface area is 97.4 Å². The lowest BCUT2D eigenvalue weighted by Crippen LogP contribution is -2.17. The maximum atomic E-state index is 5.95. The first kappa shape index (κ1) is 10.5. The number of aromatic nitrogens is 2. The van der Waals surface area contributed by atoms with Crippen LogP contribution in [0.15, 0.2) is 30.5 Å². The highest BCUT2D eigenvalue weighted by molar-refractivity contribution is 6.99. The van der Waals surface area contributed by atoms with E-state index in [1.165, 1.54) is 11.7 Å². The van der Waals surface area contributed by atoms with Gasteiger partial charge in [-0.2, -0.15) is 8.75 Å². The van der Waals surface area contributed by atoms with Crippen molar-refractivity contribution in [3.05, 3.63) is 46.7 Å². The summed E-state index contributed by atoms with van der Waals surface area (Å²) in [4.78, 5) is 0. The second kappa shape index (κ2) is 4.70. The summed E-state index contributed by atoms with van der Waals surface area (Å²) in [5.74, 6) is 0. The van der Waals surface area contributed by atoms with Crippen molar-refractivity contribution in [2.75, 3.05) is 7.05 Å². The van der Waals surface area contributed by atoms with Gasteiger partial charge in [0.15, 0.2) is 0 Å². The van der Waals surface area contributed by atoms with Crippen LogP contribution in [-0.4, -0.2) is 15.8 Å². The molecule has 0 bridgehead atoms. The second-order valence-electron chi connectivity index (χ2n) is 3.11. The summed E-state index contributed by atoms with van der Waals surface area (Å²) in [7, 11) is 1.89. The van der Waals surface area contributed by atoms with E-state index in [2.05, 4.69) is 14.1 Å². The zero-order chi connectivity index (χ0) is 10.7. The molecule has 3 nitrogen and oxygen atoms in total. The Kier molecular flexibility index (Phi) is 3.30. The van der Waals surface area contributed by atoms with Crippen molar-refractivity contribution < 1.29 is 0 Å². The molecule has 0 saturated carbocycles. The van der Waals surface area contributed by atoms with Gasteiger partial charge in [0.1, 0.15) is 0 Å². The SMILES string of the molecule is CNC(c1cccc(Cl)c1)c1cnsn1. The van der Waals surface area contributed by atoms with Crippen LogP contribution in [0.3, 0.4) is 0 Å². The van der Waals surface area contributed by atoms with Crippen molar-refractivity contribution in [2.24, 2.45) is 0 Å². The van der Waals surface area contributed by atoms with Gasteiger partial charge in [0.05, 0.1) is 29.7 Å². The first-order valence-corrected chi connectivity index (χ1v) is 5.62.